The van der Waals surface area contributed by atoms with E-state index in [1.54, 1.807) is 0 Å². The molecular formula is C15H25N5O. The van der Waals surface area contributed by atoms with Crippen molar-refractivity contribution in [3.8, 4) is 0 Å². The normalized spacial score (nSPS) is 24.1. The minimum Gasteiger partial charge on any atom is -0.341 e. The number of aromatic amines is 1. The predicted octanol–water partition coefficient (Wildman–Crippen LogP) is 1.52. The molecule has 0 bridgehead atoms. The van der Waals surface area contributed by atoms with E-state index in [1.165, 1.54) is 12.8 Å². The molecule has 1 amide bonds. The number of hydrogen-bond acceptors (Lipinski definition) is 4. The number of likely N-dealkylation sites (tertiary alicyclic amines) is 1. The van der Waals surface area contributed by atoms with E-state index in [-0.39, 0.29) is 17.9 Å². The summed E-state index contributed by atoms with van der Waals surface area (Å²) in [6.07, 6.45) is 6.19. The highest BCUT2D eigenvalue weighted by Gasteiger charge is 2.32. The minimum atomic E-state index is -0.358. The maximum absolute atomic E-state index is 12.3. The summed E-state index contributed by atoms with van der Waals surface area (Å²) >= 11 is 0. The van der Waals surface area contributed by atoms with Gasteiger partial charge in [0, 0.05) is 24.9 Å². The zero-order valence-electron chi connectivity index (χ0n) is 12.7. The smallest absolute Gasteiger partial charge is 0.239 e. The molecule has 0 aromatic carbocycles. The van der Waals surface area contributed by atoms with Crippen molar-refractivity contribution in [2.75, 3.05) is 13.1 Å². The lowest BCUT2D eigenvalue weighted by atomic mass is 9.96. The highest BCUT2D eigenvalue weighted by molar-refractivity contribution is 5.81. The Morgan fingerprint density at radius 3 is 2.95 bits per heavy atom. The second kappa shape index (κ2) is 6.13. The lowest BCUT2D eigenvalue weighted by Crippen LogP contribution is -2.47. The topological polar surface area (TPSA) is 87.9 Å². The third-order valence-electron chi connectivity index (χ3n) is 4.50. The third-order valence-corrected chi connectivity index (χ3v) is 4.50. The van der Waals surface area contributed by atoms with Crippen LogP contribution in [0.25, 0.3) is 0 Å². The molecule has 1 aliphatic carbocycles. The Labute approximate surface area is 125 Å². The number of nitrogens with zero attached hydrogens (tertiary/aromatic N) is 3. The van der Waals surface area contributed by atoms with Crippen molar-refractivity contribution in [3.05, 3.63) is 11.6 Å². The standard InChI is InChI=1S/C15H25N5O/c1-2-4-12(16)15(21)20-8-3-5-11(9-20)14-17-13(18-19-14)10-6-7-10/h10-12H,2-9,16H2,1H3,(H,17,18,19). The van der Waals surface area contributed by atoms with Crippen molar-refractivity contribution in [2.24, 2.45) is 5.73 Å². The van der Waals surface area contributed by atoms with Crippen LogP contribution >= 0.6 is 0 Å². The van der Waals surface area contributed by atoms with Crippen LogP contribution in [0.1, 0.15) is 68.9 Å². The van der Waals surface area contributed by atoms with Crippen molar-refractivity contribution in [2.45, 2.75) is 63.3 Å². The van der Waals surface area contributed by atoms with Gasteiger partial charge in [0.1, 0.15) is 5.82 Å². The van der Waals surface area contributed by atoms with E-state index in [1.807, 2.05) is 4.90 Å². The van der Waals surface area contributed by atoms with Crippen molar-refractivity contribution < 1.29 is 4.79 Å². The van der Waals surface area contributed by atoms with Gasteiger partial charge in [0.2, 0.25) is 5.91 Å². The van der Waals surface area contributed by atoms with Gasteiger partial charge in [-0.2, -0.15) is 5.10 Å². The molecule has 6 nitrogen and oxygen atoms in total. The minimum absolute atomic E-state index is 0.0829. The van der Waals surface area contributed by atoms with Gasteiger partial charge in [0.15, 0.2) is 5.82 Å². The molecule has 2 aliphatic rings. The Balaban J connectivity index is 1.63. The van der Waals surface area contributed by atoms with E-state index in [9.17, 15) is 4.79 Å². The number of nitrogens with one attached hydrogen (secondary N) is 1. The second-order valence-electron chi connectivity index (χ2n) is 6.37. The molecule has 3 rings (SSSR count). The monoisotopic (exact) mass is 291 g/mol. The predicted molar refractivity (Wildman–Crippen MR) is 79.8 cm³/mol. The van der Waals surface area contributed by atoms with Crippen LogP contribution in [0.5, 0.6) is 0 Å². The molecule has 6 heteroatoms. The third kappa shape index (κ3) is 3.26. The number of piperidine rings is 1. The molecule has 2 heterocycles. The molecule has 2 unspecified atom stereocenters. The van der Waals surface area contributed by atoms with Crippen molar-refractivity contribution in [1.29, 1.82) is 0 Å². The van der Waals surface area contributed by atoms with Gasteiger partial charge in [0.25, 0.3) is 0 Å². The SMILES string of the molecule is CCCC(N)C(=O)N1CCCC(c2n[nH]c(C3CC3)n2)C1. The molecule has 21 heavy (non-hydrogen) atoms. The molecule has 1 aliphatic heterocycles. The number of carbonyl (C=O) groups is 1. The van der Waals surface area contributed by atoms with Gasteiger partial charge in [0.05, 0.1) is 6.04 Å². The number of H-pyrrole nitrogens is 1. The summed E-state index contributed by atoms with van der Waals surface area (Å²) in [7, 11) is 0. The summed E-state index contributed by atoms with van der Waals surface area (Å²) in [6.45, 7) is 3.57. The quantitative estimate of drug-likeness (QED) is 0.861. The molecule has 116 valence electrons. The highest BCUT2D eigenvalue weighted by atomic mass is 16.2. The summed E-state index contributed by atoms with van der Waals surface area (Å²) in [6, 6.07) is -0.358. The molecule has 3 N–H and O–H groups in total. The molecular weight excluding hydrogens is 266 g/mol. The Bertz CT molecular complexity index is 496. The number of hydrogen-bond donors (Lipinski definition) is 2. The molecule has 1 aromatic rings. The number of amides is 1. The van der Waals surface area contributed by atoms with Crippen LogP contribution in [0.3, 0.4) is 0 Å². The van der Waals surface area contributed by atoms with E-state index >= 15 is 0 Å². The second-order valence-corrected chi connectivity index (χ2v) is 6.37. The first kappa shape index (κ1) is 14.5. The van der Waals surface area contributed by atoms with E-state index in [0.29, 0.717) is 12.5 Å². The molecule has 2 atom stereocenters. The number of carbonyl (C=O) groups excluding carboxylic acids is 1. The van der Waals surface area contributed by atoms with Crippen LogP contribution in [0, 0.1) is 0 Å². The first-order chi connectivity index (χ1) is 10.2. The lowest BCUT2D eigenvalue weighted by Gasteiger charge is -2.33. The first-order valence-electron chi connectivity index (χ1n) is 8.15. The van der Waals surface area contributed by atoms with Crippen molar-refractivity contribution in [3.63, 3.8) is 0 Å². The first-order valence-corrected chi connectivity index (χ1v) is 8.15. The Kier molecular flexibility index (Phi) is 4.24. The fourth-order valence-corrected chi connectivity index (χ4v) is 3.07. The largest absolute Gasteiger partial charge is 0.341 e. The fourth-order valence-electron chi connectivity index (χ4n) is 3.07. The average Bonchev–Trinajstić information content (AvgIpc) is 3.24. The fraction of sp³-hybridized carbons (Fsp3) is 0.800. The van der Waals surface area contributed by atoms with Gasteiger partial charge in [-0.15, -0.1) is 0 Å². The maximum atomic E-state index is 12.3. The van der Waals surface area contributed by atoms with E-state index in [0.717, 1.165) is 43.9 Å². The van der Waals surface area contributed by atoms with Crippen LogP contribution < -0.4 is 5.73 Å². The van der Waals surface area contributed by atoms with Crippen LogP contribution in [0.4, 0.5) is 0 Å². The zero-order valence-corrected chi connectivity index (χ0v) is 12.7. The van der Waals surface area contributed by atoms with Crippen LogP contribution in [0.15, 0.2) is 0 Å². The van der Waals surface area contributed by atoms with E-state index in [2.05, 4.69) is 22.1 Å². The number of rotatable bonds is 5. The zero-order chi connectivity index (χ0) is 14.8. The molecule has 2 fully saturated rings. The molecule has 1 aromatic heterocycles. The Hall–Kier alpha value is -1.43. The van der Waals surface area contributed by atoms with Gasteiger partial charge >= 0.3 is 0 Å². The lowest BCUT2D eigenvalue weighted by molar-refractivity contribution is -0.134. The van der Waals surface area contributed by atoms with E-state index < -0.39 is 0 Å². The summed E-state index contributed by atoms with van der Waals surface area (Å²) < 4.78 is 0. The summed E-state index contributed by atoms with van der Waals surface area (Å²) in [5.41, 5.74) is 5.97. The number of nitrogens with two attached hydrogens (primary N) is 1. The Morgan fingerprint density at radius 1 is 1.43 bits per heavy atom. The number of aromatic nitrogens is 3. The molecule has 0 spiro atoms. The highest BCUT2D eigenvalue weighted by Crippen LogP contribution is 2.38. The summed E-state index contributed by atoms with van der Waals surface area (Å²) in [5, 5.41) is 7.43. The van der Waals surface area contributed by atoms with Crippen molar-refractivity contribution in [1.82, 2.24) is 20.1 Å². The van der Waals surface area contributed by atoms with E-state index in [4.69, 9.17) is 5.73 Å². The van der Waals surface area contributed by atoms with Gasteiger partial charge in [-0.3, -0.25) is 9.89 Å². The summed E-state index contributed by atoms with van der Waals surface area (Å²) in [5.74, 6) is 2.82. The Morgan fingerprint density at radius 2 is 2.24 bits per heavy atom. The average molecular weight is 291 g/mol. The van der Waals surface area contributed by atoms with Gasteiger partial charge in [-0.1, -0.05) is 13.3 Å². The molecule has 0 radical (unpaired) electrons. The van der Waals surface area contributed by atoms with Crippen molar-refractivity contribution >= 4 is 5.91 Å². The van der Waals surface area contributed by atoms with Crippen LogP contribution in [0.2, 0.25) is 0 Å². The molecule has 1 saturated heterocycles. The van der Waals surface area contributed by atoms with Crippen LogP contribution in [-0.2, 0) is 4.79 Å². The van der Waals surface area contributed by atoms with Crippen LogP contribution in [-0.4, -0.2) is 45.1 Å². The maximum Gasteiger partial charge on any atom is 0.239 e. The molecule has 1 saturated carbocycles. The van der Waals surface area contributed by atoms with Gasteiger partial charge < -0.3 is 10.6 Å². The van der Waals surface area contributed by atoms with Gasteiger partial charge in [-0.25, -0.2) is 4.98 Å². The summed E-state index contributed by atoms with van der Waals surface area (Å²) in [4.78, 5) is 18.9. The van der Waals surface area contributed by atoms with Gasteiger partial charge in [-0.05, 0) is 32.1 Å².